The van der Waals surface area contributed by atoms with Gasteiger partial charge in [-0.2, -0.15) is 8.78 Å². The standard InChI is InChI=1S/C28H34F3N5O2/c1-18-14-35(22(13-32-18)15-34-9-8-28(30,31)26(34)38)16-24(37)36-17-27(2,3)25-23(36)11-20(12-33-25)10-19-4-6-21(29)7-5-19/h4-7,11-12,18,22,32H,8-10,13-17H2,1-3H3/t18-,22-/m1/s1. The summed E-state index contributed by atoms with van der Waals surface area (Å²) < 4.78 is 41.0. The van der Waals surface area contributed by atoms with Gasteiger partial charge in [-0.05, 0) is 42.7 Å². The topological polar surface area (TPSA) is 68.8 Å². The Hall–Kier alpha value is -2.98. The maximum atomic E-state index is 13.8. The fourth-order valence-corrected chi connectivity index (χ4v) is 5.74. The van der Waals surface area contributed by atoms with Crippen LogP contribution in [0.5, 0.6) is 0 Å². The first-order valence-electron chi connectivity index (χ1n) is 13.1. The molecule has 0 radical (unpaired) electrons. The molecule has 0 unspecified atom stereocenters. The van der Waals surface area contributed by atoms with E-state index in [1.54, 1.807) is 17.0 Å². The first-order chi connectivity index (χ1) is 17.9. The molecular weight excluding hydrogens is 495 g/mol. The van der Waals surface area contributed by atoms with E-state index < -0.39 is 18.3 Å². The number of rotatable bonds is 6. The molecule has 2 fully saturated rings. The molecule has 38 heavy (non-hydrogen) atoms. The molecule has 0 aliphatic carbocycles. The second-order valence-corrected chi connectivity index (χ2v) is 11.5. The summed E-state index contributed by atoms with van der Waals surface area (Å²) in [6, 6.07) is 8.20. The first kappa shape index (κ1) is 26.6. The molecule has 0 saturated carbocycles. The fraction of sp³-hybridized carbons (Fsp3) is 0.536. The molecule has 204 valence electrons. The Labute approximate surface area is 221 Å². The minimum absolute atomic E-state index is 0.0237. The lowest BCUT2D eigenvalue weighted by atomic mass is 9.91. The molecular formula is C28H34F3N5O2. The van der Waals surface area contributed by atoms with Gasteiger partial charge in [0.1, 0.15) is 5.82 Å². The number of pyridine rings is 1. The van der Waals surface area contributed by atoms with Crippen molar-refractivity contribution in [1.29, 1.82) is 0 Å². The van der Waals surface area contributed by atoms with E-state index in [4.69, 9.17) is 4.98 Å². The molecule has 3 aliphatic rings. The number of alkyl halides is 2. The highest BCUT2D eigenvalue weighted by atomic mass is 19.3. The molecule has 3 aliphatic heterocycles. The average Bonchev–Trinajstić information content (AvgIpc) is 3.28. The molecule has 2 aromatic rings. The van der Waals surface area contributed by atoms with Crippen LogP contribution in [0.25, 0.3) is 0 Å². The summed E-state index contributed by atoms with van der Waals surface area (Å²) in [5.74, 6) is -4.81. The van der Waals surface area contributed by atoms with Crippen molar-refractivity contribution in [3.63, 3.8) is 0 Å². The van der Waals surface area contributed by atoms with Crippen LogP contribution < -0.4 is 10.2 Å². The number of aromatic nitrogens is 1. The van der Waals surface area contributed by atoms with Gasteiger partial charge < -0.3 is 15.1 Å². The normalized spacial score (nSPS) is 24.6. The minimum atomic E-state index is -3.31. The van der Waals surface area contributed by atoms with Gasteiger partial charge in [0.25, 0.3) is 5.91 Å². The van der Waals surface area contributed by atoms with Crippen molar-refractivity contribution in [2.24, 2.45) is 0 Å². The minimum Gasteiger partial charge on any atom is -0.336 e. The van der Waals surface area contributed by atoms with Crippen LogP contribution in [0.3, 0.4) is 0 Å². The molecule has 0 bridgehead atoms. The quantitative estimate of drug-likeness (QED) is 0.624. The number of hydrogen-bond acceptors (Lipinski definition) is 5. The highest BCUT2D eigenvalue weighted by molar-refractivity contribution is 5.97. The van der Waals surface area contributed by atoms with E-state index in [1.807, 2.05) is 24.1 Å². The van der Waals surface area contributed by atoms with Gasteiger partial charge in [-0.1, -0.05) is 26.0 Å². The number of hydrogen-bond donors (Lipinski definition) is 1. The van der Waals surface area contributed by atoms with Crippen LogP contribution in [0.1, 0.15) is 44.0 Å². The summed E-state index contributed by atoms with van der Waals surface area (Å²) in [6.07, 6.45) is 1.91. The Morgan fingerprint density at radius 3 is 2.61 bits per heavy atom. The number of likely N-dealkylation sites (tertiary alicyclic amines) is 1. The number of amides is 2. The zero-order valence-electron chi connectivity index (χ0n) is 22.0. The van der Waals surface area contributed by atoms with Crippen molar-refractivity contribution < 1.29 is 22.8 Å². The third kappa shape index (κ3) is 5.29. The lowest BCUT2D eigenvalue weighted by Crippen LogP contribution is -2.61. The number of piperazine rings is 1. The Kier molecular flexibility index (Phi) is 6.98. The highest BCUT2D eigenvalue weighted by Gasteiger charge is 2.49. The van der Waals surface area contributed by atoms with Gasteiger partial charge in [0.05, 0.1) is 17.9 Å². The van der Waals surface area contributed by atoms with E-state index in [0.717, 1.165) is 22.5 Å². The van der Waals surface area contributed by atoms with Crippen LogP contribution in [0.2, 0.25) is 0 Å². The lowest BCUT2D eigenvalue weighted by molar-refractivity contribution is -0.148. The summed E-state index contributed by atoms with van der Waals surface area (Å²) in [7, 11) is 0. The predicted octanol–water partition coefficient (Wildman–Crippen LogP) is 2.97. The molecule has 1 N–H and O–H groups in total. The van der Waals surface area contributed by atoms with Crippen LogP contribution in [-0.2, 0) is 21.4 Å². The monoisotopic (exact) mass is 529 g/mol. The Morgan fingerprint density at radius 1 is 1.18 bits per heavy atom. The van der Waals surface area contributed by atoms with E-state index in [2.05, 4.69) is 19.2 Å². The zero-order chi connectivity index (χ0) is 27.2. The second kappa shape index (κ2) is 9.96. The molecule has 1 aromatic heterocycles. The van der Waals surface area contributed by atoms with Crippen molar-refractivity contribution in [1.82, 2.24) is 20.1 Å². The molecule has 0 spiro atoms. The summed E-state index contributed by atoms with van der Waals surface area (Å²) in [4.78, 5) is 35.6. The predicted molar refractivity (Wildman–Crippen MR) is 138 cm³/mol. The molecule has 2 saturated heterocycles. The smallest absolute Gasteiger partial charge is 0.326 e. The number of halogens is 3. The van der Waals surface area contributed by atoms with Crippen LogP contribution in [0, 0.1) is 5.82 Å². The largest absolute Gasteiger partial charge is 0.336 e. The van der Waals surface area contributed by atoms with Crippen molar-refractivity contribution in [2.45, 2.75) is 57.0 Å². The molecule has 2 atom stereocenters. The van der Waals surface area contributed by atoms with Gasteiger partial charge in [-0.25, -0.2) is 4.39 Å². The van der Waals surface area contributed by atoms with Gasteiger partial charge in [0, 0.05) is 62.8 Å². The Balaban J connectivity index is 1.33. The van der Waals surface area contributed by atoms with Gasteiger partial charge in [-0.15, -0.1) is 0 Å². The van der Waals surface area contributed by atoms with E-state index in [1.165, 1.54) is 17.0 Å². The molecule has 2 amide bonds. The fourth-order valence-electron chi connectivity index (χ4n) is 5.74. The van der Waals surface area contributed by atoms with Crippen molar-refractivity contribution in [3.8, 4) is 0 Å². The van der Waals surface area contributed by atoms with Gasteiger partial charge in [-0.3, -0.25) is 19.5 Å². The van der Waals surface area contributed by atoms with Crippen molar-refractivity contribution >= 4 is 17.5 Å². The third-order valence-corrected chi connectivity index (χ3v) is 7.82. The van der Waals surface area contributed by atoms with Crippen molar-refractivity contribution in [3.05, 3.63) is 59.2 Å². The Morgan fingerprint density at radius 2 is 1.92 bits per heavy atom. The summed E-state index contributed by atoms with van der Waals surface area (Å²) in [5, 5.41) is 3.35. The van der Waals surface area contributed by atoms with E-state index in [-0.39, 0.29) is 48.9 Å². The van der Waals surface area contributed by atoms with Crippen LogP contribution in [-0.4, -0.2) is 83.9 Å². The maximum absolute atomic E-state index is 13.8. The molecule has 4 heterocycles. The van der Waals surface area contributed by atoms with E-state index >= 15 is 0 Å². The summed E-state index contributed by atoms with van der Waals surface area (Å²) >= 11 is 0. The maximum Gasteiger partial charge on any atom is 0.326 e. The number of carbonyl (C=O) groups is 2. The second-order valence-electron chi connectivity index (χ2n) is 11.5. The van der Waals surface area contributed by atoms with E-state index in [0.29, 0.717) is 26.1 Å². The summed E-state index contributed by atoms with van der Waals surface area (Å²) in [6.45, 7) is 7.99. The van der Waals surface area contributed by atoms with E-state index in [9.17, 15) is 22.8 Å². The van der Waals surface area contributed by atoms with Gasteiger partial charge >= 0.3 is 5.92 Å². The number of fused-ring (bicyclic) bond motifs is 1. The van der Waals surface area contributed by atoms with Crippen LogP contribution in [0.4, 0.5) is 18.9 Å². The molecule has 5 rings (SSSR count). The number of anilines is 1. The number of nitrogens with zero attached hydrogens (tertiary/aromatic N) is 4. The molecule has 10 heteroatoms. The number of benzene rings is 1. The van der Waals surface area contributed by atoms with Crippen LogP contribution in [0.15, 0.2) is 36.5 Å². The number of nitrogens with one attached hydrogen (secondary N) is 1. The molecule has 7 nitrogen and oxygen atoms in total. The summed E-state index contributed by atoms with van der Waals surface area (Å²) in [5.41, 5.74) is 3.16. The third-order valence-electron chi connectivity index (χ3n) is 7.82. The zero-order valence-corrected chi connectivity index (χ0v) is 22.0. The van der Waals surface area contributed by atoms with Crippen molar-refractivity contribution in [2.75, 3.05) is 44.2 Å². The lowest BCUT2D eigenvalue weighted by Gasteiger charge is -2.41. The highest BCUT2D eigenvalue weighted by Crippen LogP contribution is 2.40. The molecule has 1 aromatic carbocycles. The first-order valence-corrected chi connectivity index (χ1v) is 13.1. The Bertz CT molecular complexity index is 1220. The van der Waals surface area contributed by atoms with Gasteiger partial charge in [0.2, 0.25) is 5.91 Å². The average molecular weight is 530 g/mol. The van der Waals surface area contributed by atoms with Gasteiger partial charge in [0.15, 0.2) is 0 Å². The number of carbonyl (C=O) groups excluding carboxylic acids is 2. The van der Waals surface area contributed by atoms with Crippen LogP contribution >= 0.6 is 0 Å². The SMILES string of the molecule is C[C@@H]1CN(CC(=O)N2CC(C)(C)c3ncc(Cc4ccc(F)cc4)cc32)[C@@H](CN2CCC(F)(F)C2=O)CN1.